The molecule has 2 heterocycles. The summed E-state index contributed by atoms with van der Waals surface area (Å²) in [5, 5.41) is 5.28. The van der Waals surface area contributed by atoms with E-state index in [4.69, 9.17) is 7.85 Å². The molecule has 0 spiro atoms. The van der Waals surface area contributed by atoms with Crippen LogP contribution in [0.3, 0.4) is 0 Å². The lowest BCUT2D eigenvalue weighted by atomic mass is 9.89. The van der Waals surface area contributed by atoms with Crippen LogP contribution in [-0.2, 0) is 11.2 Å². The van der Waals surface area contributed by atoms with Gasteiger partial charge in [-0.2, -0.15) is 0 Å². The predicted octanol–water partition coefficient (Wildman–Crippen LogP) is 2.18. The van der Waals surface area contributed by atoms with E-state index < -0.39 is 0 Å². The number of hydrogen-bond donors (Lipinski definition) is 1. The average Bonchev–Trinajstić information content (AvgIpc) is 2.99. The number of nitrogens with zero attached hydrogens (tertiary/aromatic N) is 2. The highest BCUT2D eigenvalue weighted by molar-refractivity contribution is 7.14. The highest BCUT2D eigenvalue weighted by Crippen LogP contribution is 2.24. The summed E-state index contributed by atoms with van der Waals surface area (Å²) in [6, 6.07) is 11.1. The smallest absolute Gasteiger partial charge is 0.230 e. The van der Waals surface area contributed by atoms with Crippen LogP contribution >= 0.6 is 11.3 Å². The molecule has 4 nitrogen and oxygen atoms in total. The zero-order valence-electron chi connectivity index (χ0n) is 11.7. The van der Waals surface area contributed by atoms with Crippen molar-refractivity contribution in [1.29, 1.82) is 0 Å². The molecule has 0 atom stereocenters. The number of nitrogens with one attached hydrogen (secondary N) is 1. The van der Waals surface area contributed by atoms with Crippen LogP contribution in [0, 0.1) is 0 Å². The number of rotatable bonds is 4. The predicted molar refractivity (Wildman–Crippen MR) is 89.5 cm³/mol. The van der Waals surface area contributed by atoms with Gasteiger partial charge in [0.05, 0.1) is 12.1 Å². The van der Waals surface area contributed by atoms with Crippen molar-refractivity contribution < 1.29 is 4.79 Å². The molecule has 1 aromatic carbocycles. The van der Waals surface area contributed by atoms with Crippen LogP contribution in [0.1, 0.15) is 5.56 Å². The van der Waals surface area contributed by atoms with Crippen LogP contribution in [0.4, 0.5) is 5.13 Å². The first kappa shape index (κ1) is 14.5. The molecule has 0 aliphatic heterocycles. The van der Waals surface area contributed by atoms with E-state index in [1.165, 1.54) is 11.3 Å². The zero-order chi connectivity index (χ0) is 15.4. The summed E-state index contributed by atoms with van der Waals surface area (Å²) < 4.78 is 0. The third-order valence-corrected chi connectivity index (χ3v) is 3.89. The molecule has 0 aliphatic rings. The van der Waals surface area contributed by atoms with Crippen LogP contribution < -0.4 is 10.8 Å². The van der Waals surface area contributed by atoms with Gasteiger partial charge >= 0.3 is 0 Å². The Morgan fingerprint density at radius 2 is 1.95 bits per heavy atom. The van der Waals surface area contributed by atoms with Crippen molar-refractivity contribution in [2.45, 2.75) is 6.42 Å². The van der Waals surface area contributed by atoms with Crippen molar-refractivity contribution in [1.82, 2.24) is 9.97 Å². The van der Waals surface area contributed by atoms with Gasteiger partial charge in [0, 0.05) is 23.3 Å². The fourth-order valence-corrected chi connectivity index (χ4v) is 2.75. The Bertz CT molecular complexity index is 789. The van der Waals surface area contributed by atoms with Crippen LogP contribution in [0.2, 0.25) is 0 Å². The maximum atomic E-state index is 12.1. The number of benzene rings is 1. The molecule has 22 heavy (non-hydrogen) atoms. The Kier molecular flexibility index (Phi) is 4.30. The minimum Gasteiger partial charge on any atom is -0.302 e. The highest BCUT2D eigenvalue weighted by Gasteiger charge is 2.09. The second kappa shape index (κ2) is 6.53. The van der Waals surface area contributed by atoms with E-state index in [9.17, 15) is 4.79 Å². The minimum atomic E-state index is -0.131. The van der Waals surface area contributed by atoms with Crippen molar-refractivity contribution in [3.63, 3.8) is 0 Å². The Hall–Kier alpha value is -2.47. The average molecular weight is 305 g/mol. The number of aromatic nitrogens is 2. The first-order chi connectivity index (χ1) is 10.7. The Morgan fingerprint density at radius 3 is 2.73 bits per heavy atom. The van der Waals surface area contributed by atoms with E-state index >= 15 is 0 Å². The highest BCUT2D eigenvalue weighted by atomic mass is 32.1. The first-order valence-electron chi connectivity index (χ1n) is 6.71. The van der Waals surface area contributed by atoms with E-state index in [2.05, 4.69) is 15.3 Å². The fourth-order valence-electron chi connectivity index (χ4n) is 2.02. The molecule has 0 bridgehead atoms. The van der Waals surface area contributed by atoms with Crippen molar-refractivity contribution in [3.05, 3.63) is 59.7 Å². The van der Waals surface area contributed by atoms with Gasteiger partial charge in [-0.05, 0) is 17.7 Å². The topological polar surface area (TPSA) is 54.9 Å². The van der Waals surface area contributed by atoms with Crippen LogP contribution in [0.15, 0.2) is 54.2 Å². The largest absolute Gasteiger partial charge is 0.302 e. The number of thiazole rings is 1. The van der Waals surface area contributed by atoms with Crippen molar-refractivity contribution in [3.8, 4) is 11.3 Å². The maximum absolute atomic E-state index is 12.1. The van der Waals surface area contributed by atoms with E-state index in [-0.39, 0.29) is 12.3 Å². The molecular formula is C16H12BN3OS. The summed E-state index contributed by atoms with van der Waals surface area (Å²) in [4.78, 5) is 20.5. The molecule has 0 saturated heterocycles. The molecule has 0 aliphatic carbocycles. The van der Waals surface area contributed by atoms with Gasteiger partial charge in [0.25, 0.3) is 0 Å². The molecule has 3 aromatic rings. The molecule has 6 heteroatoms. The zero-order valence-corrected chi connectivity index (χ0v) is 12.5. The van der Waals surface area contributed by atoms with Gasteiger partial charge in [-0.3, -0.25) is 9.78 Å². The molecule has 2 radical (unpaired) electrons. The monoisotopic (exact) mass is 305 g/mol. The number of hydrogen-bond acceptors (Lipinski definition) is 4. The van der Waals surface area contributed by atoms with Crippen molar-refractivity contribution in [2.75, 3.05) is 5.32 Å². The summed E-state index contributed by atoms with van der Waals surface area (Å²) in [7, 11) is 5.84. The van der Waals surface area contributed by atoms with Crippen LogP contribution in [-0.4, -0.2) is 23.7 Å². The van der Waals surface area contributed by atoms with Gasteiger partial charge in [0.1, 0.15) is 7.85 Å². The molecule has 1 N–H and O–H groups in total. The van der Waals surface area contributed by atoms with E-state index in [1.54, 1.807) is 18.5 Å². The molecule has 2 aromatic heterocycles. The number of amides is 1. The number of carbonyl (C=O) groups is 1. The normalized spacial score (nSPS) is 10.4. The lowest BCUT2D eigenvalue weighted by Crippen LogP contribution is -2.19. The minimum absolute atomic E-state index is 0.131. The summed E-state index contributed by atoms with van der Waals surface area (Å²) in [5.74, 6) is -0.131. The van der Waals surface area contributed by atoms with E-state index in [0.29, 0.717) is 10.6 Å². The number of anilines is 1. The van der Waals surface area contributed by atoms with Gasteiger partial charge in [-0.15, -0.1) is 11.3 Å². The third-order valence-electron chi connectivity index (χ3n) is 3.13. The standard InChI is InChI=1S/C16H12BN3OS/c17-13-4-2-1-3-12(13)9-15(21)20-16-19-14(10-22-16)11-5-7-18-8-6-11/h1-8,10H,9H2,(H,19,20,21). The molecular weight excluding hydrogens is 293 g/mol. The summed E-state index contributed by atoms with van der Waals surface area (Å²) in [6.07, 6.45) is 3.66. The second-order valence-corrected chi connectivity index (χ2v) is 5.56. The Balaban J connectivity index is 1.68. The van der Waals surface area contributed by atoms with Gasteiger partial charge in [0.2, 0.25) is 5.91 Å². The molecule has 0 saturated carbocycles. The molecule has 106 valence electrons. The summed E-state index contributed by atoms with van der Waals surface area (Å²) in [5.41, 5.74) is 3.22. The quantitative estimate of drug-likeness (QED) is 0.752. The third kappa shape index (κ3) is 3.40. The first-order valence-corrected chi connectivity index (χ1v) is 7.59. The van der Waals surface area contributed by atoms with Gasteiger partial charge < -0.3 is 5.32 Å². The van der Waals surface area contributed by atoms with Crippen molar-refractivity contribution in [2.24, 2.45) is 0 Å². The van der Waals surface area contributed by atoms with Gasteiger partial charge in [-0.25, -0.2) is 4.98 Å². The lowest BCUT2D eigenvalue weighted by molar-refractivity contribution is -0.115. The number of pyridine rings is 1. The Morgan fingerprint density at radius 1 is 1.18 bits per heavy atom. The molecule has 0 unspecified atom stereocenters. The molecule has 3 rings (SSSR count). The Labute approximate surface area is 133 Å². The van der Waals surface area contributed by atoms with Gasteiger partial charge in [0.15, 0.2) is 5.13 Å². The molecule has 1 amide bonds. The van der Waals surface area contributed by atoms with Crippen molar-refractivity contribution >= 4 is 35.7 Å². The van der Waals surface area contributed by atoms with Crippen LogP contribution in [0.5, 0.6) is 0 Å². The SMILES string of the molecule is [B]c1ccccc1CC(=O)Nc1nc(-c2ccncc2)cs1. The fraction of sp³-hybridized carbons (Fsp3) is 0.0625. The summed E-state index contributed by atoms with van der Waals surface area (Å²) >= 11 is 1.39. The maximum Gasteiger partial charge on any atom is 0.230 e. The van der Waals surface area contributed by atoms with Crippen LogP contribution in [0.25, 0.3) is 11.3 Å². The number of carbonyl (C=O) groups excluding carboxylic acids is 1. The van der Waals surface area contributed by atoms with E-state index in [1.807, 2.05) is 35.7 Å². The summed E-state index contributed by atoms with van der Waals surface area (Å²) in [6.45, 7) is 0. The van der Waals surface area contributed by atoms with E-state index in [0.717, 1.165) is 16.8 Å². The van der Waals surface area contributed by atoms with Gasteiger partial charge in [-0.1, -0.05) is 29.7 Å². The lowest BCUT2D eigenvalue weighted by Gasteiger charge is -2.05. The molecule has 0 fully saturated rings. The second-order valence-electron chi connectivity index (χ2n) is 4.70.